The minimum atomic E-state index is 0.570. The highest BCUT2D eigenvalue weighted by atomic mass is 35.5. The Kier molecular flexibility index (Phi) is 4.19. The second-order valence-corrected chi connectivity index (χ2v) is 5.10. The van der Waals surface area contributed by atoms with Crippen LogP contribution in [0.2, 0.25) is 5.15 Å². The van der Waals surface area contributed by atoms with E-state index in [1.54, 1.807) is 0 Å². The maximum Gasteiger partial charge on any atom is 0.129 e. The highest BCUT2D eigenvalue weighted by Crippen LogP contribution is 2.24. The molecule has 0 radical (unpaired) electrons. The van der Waals surface area contributed by atoms with Crippen LogP contribution < -0.4 is 5.32 Å². The zero-order valence-corrected chi connectivity index (χ0v) is 10.5. The van der Waals surface area contributed by atoms with E-state index in [4.69, 9.17) is 11.6 Å². The number of pyridine rings is 1. The first kappa shape index (κ1) is 11.9. The maximum absolute atomic E-state index is 5.74. The van der Waals surface area contributed by atoms with Crippen LogP contribution in [0.15, 0.2) is 18.3 Å². The second kappa shape index (κ2) is 5.65. The summed E-state index contributed by atoms with van der Waals surface area (Å²) in [5, 5.41) is 4.20. The summed E-state index contributed by atoms with van der Waals surface area (Å²) in [4.78, 5) is 4.08. The first-order valence-electron chi connectivity index (χ1n) is 6.09. The van der Waals surface area contributed by atoms with Crippen LogP contribution in [0.5, 0.6) is 0 Å². The Morgan fingerprint density at radius 1 is 1.44 bits per heavy atom. The van der Waals surface area contributed by atoms with E-state index >= 15 is 0 Å². The van der Waals surface area contributed by atoms with Gasteiger partial charge in [-0.15, -0.1) is 0 Å². The zero-order valence-electron chi connectivity index (χ0n) is 9.75. The lowest BCUT2D eigenvalue weighted by Gasteiger charge is -2.17. The van der Waals surface area contributed by atoms with Crippen molar-refractivity contribution in [2.75, 3.05) is 6.54 Å². The largest absolute Gasteiger partial charge is 0.313 e. The Bertz CT molecular complexity index is 323. The molecule has 0 amide bonds. The van der Waals surface area contributed by atoms with Gasteiger partial charge in [0, 0.05) is 12.2 Å². The molecule has 1 N–H and O–H groups in total. The van der Waals surface area contributed by atoms with Gasteiger partial charge < -0.3 is 5.32 Å². The summed E-state index contributed by atoms with van der Waals surface area (Å²) >= 11 is 5.74. The highest BCUT2D eigenvalue weighted by molar-refractivity contribution is 6.29. The third-order valence-corrected chi connectivity index (χ3v) is 3.69. The summed E-state index contributed by atoms with van der Waals surface area (Å²) in [6, 6.07) is 4.63. The third kappa shape index (κ3) is 3.19. The van der Waals surface area contributed by atoms with Gasteiger partial charge in [0.2, 0.25) is 0 Å². The first-order valence-corrected chi connectivity index (χ1v) is 6.47. The fraction of sp³-hybridized carbons (Fsp3) is 0.615. The van der Waals surface area contributed by atoms with Crippen LogP contribution in [-0.2, 0) is 6.42 Å². The van der Waals surface area contributed by atoms with Crippen molar-refractivity contribution in [2.24, 2.45) is 5.92 Å². The lowest BCUT2D eigenvalue weighted by atomic mass is 10.1. The summed E-state index contributed by atoms with van der Waals surface area (Å²) in [6.45, 7) is 3.38. The van der Waals surface area contributed by atoms with Gasteiger partial charge in [0.05, 0.1) is 0 Å². The van der Waals surface area contributed by atoms with Crippen LogP contribution in [-0.4, -0.2) is 17.6 Å². The van der Waals surface area contributed by atoms with E-state index < -0.39 is 0 Å². The van der Waals surface area contributed by atoms with Gasteiger partial charge >= 0.3 is 0 Å². The molecule has 1 aliphatic carbocycles. The zero-order chi connectivity index (χ0) is 11.4. The fourth-order valence-corrected chi connectivity index (χ4v) is 2.52. The molecule has 0 aromatic carbocycles. The van der Waals surface area contributed by atoms with E-state index in [0.717, 1.165) is 24.9 Å². The van der Waals surface area contributed by atoms with E-state index in [1.165, 1.54) is 24.8 Å². The SMILES string of the molecule is CC1CCCC1NCCc1ccc(Cl)nc1. The Morgan fingerprint density at radius 3 is 2.94 bits per heavy atom. The minimum Gasteiger partial charge on any atom is -0.313 e. The van der Waals surface area contributed by atoms with Gasteiger partial charge in [-0.25, -0.2) is 4.98 Å². The van der Waals surface area contributed by atoms with Crippen molar-refractivity contribution in [3.05, 3.63) is 29.0 Å². The van der Waals surface area contributed by atoms with Crippen molar-refractivity contribution in [1.82, 2.24) is 10.3 Å². The number of aromatic nitrogens is 1. The molecular weight excluding hydrogens is 220 g/mol. The van der Waals surface area contributed by atoms with E-state index in [0.29, 0.717) is 5.15 Å². The quantitative estimate of drug-likeness (QED) is 0.816. The monoisotopic (exact) mass is 238 g/mol. The summed E-state index contributed by atoms with van der Waals surface area (Å²) in [6.07, 6.45) is 6.98. The van der Waals surface area contributed by atoms with Crippen molar-refractivity contribution >= 4 is 11.6 Å². The predicted molar refractivity (Wildman–Crippen MR) is 67.8 cm³/mol. The molecule has 3 heteroatoms. The summed E-state index contributed by atoms with van der Waals surface area (Å²) in [7, 11) is 0. The van der Waals surface area contributed by atoms with Crippen LogP contribution in [0.1, 0.15) is 31.7 Å². The summed E-state index contributed by atoms with van der Waals surface area (Å²) in [5.41, 5.74) is 1.25. The molecule has 1 aliphatic rings. The van der Waals surface area contributed by atoms with E-state index in [1.807, 2.05) is 12.3 Å². The van der Waals surface area contributed by atoms with E-state index in [-0.39, 0.29) is 0 Å². The fourth-order valence-electron chi connectivity index (χ4n) is 2.40. The molecule has 2 nitrogen and oxygen atoms in total. The third-order valence-electron chi connectivity index (χ3n) is 3.47. The predicted octanol–water partition coefficient (Wildman–Crippen LogP) is 3.06. The summed E-state index contributed by atoms with van der Waals surface area (Å²) < 4.78 is 0. The van der Waals surface area contributed by atoms with Gasteiger partial charge in [-0.05, 0) is 43.4 Å². The minimum absolute atomic E-state index is 0.570. The van der Waals surface area contributed by atoms with Crippen LogP contribution in [0.4, 0.5) is 0 Å². The van der Waals surface area contributed by atoms with Crippen LogP contribution in [0.3, 0.4) is 0 Å². The Morgan fingerprint density at radius 2 is 2.31 bits per heavy atom. The first-order chi connectivity index (χ1) is 7.75. The van der Waals surface area contributed by atoms with Crippen LogP contribution in [0.25, 0.3) is 0 Å². The van der Waals surface area contributed by atoms with Crippen molar-refractivity contribution in [2.45, 2.75) is 38.6 Å². The smallest absolute Gasteiger partial charge is 0.129 e. The van der Waals surface area contributed by atoms with Gasteiger partial charge in [0.25, 0.3) is 0 Å². The summed E-state index contributed by atoms with van der Waals surface area (Å²) in [5.74, 6) is 0.836. The molecule has 1 saturated carbocycles. The van der Waals surface area contributed by atoms with Gasteiger partial charge in [-0.2, -0.15) is 0 Å². The number of nitrogens with one attached hydrogen (secondary N) is 1. The molecule has 0 bridgehead atoms. The average Bonchev–Trinajstić information content (AvgIpc) is 2.68. The normalized spacial score (nSPS) is 24.9. The average molecular weight is 239 g/mol. The lowest BCUT2D eigenvalue weighted by molar-refractivity contribution is 0.430. The van der Waals surface area contributed by atoms with E-state index in [2.05, 4.69) is 23.3 Å². The second-order valence-electron chi connectivity index (χ2n) is 4.71. The Balaban J connectivity index is 1.73. The van der Waals surface area contributed by atoms with Crippen LogP contribution in [0, 0.1) is 5.92 Å². The molecule has 88 valence electrons. The molecule has 1 aromatic heterocycles. The number of halogens is 1. The van der Waals surface area contributed by atoms with Crippen molar-refractivity contribution in [3.8, 4) is 0 Å². The van der Waals surface area contributed by atoms with Gasteiger partial charge in [0.1, 0.15) is 5.15 Å². The number of rotatable bonds is 4. The molecule has 2 rings (SSSR count). The van der Waals surface area contributed by atoms with Crippen molar-refractivity contribution < 1.29 is 0 Å². The Labute approximate surface area is 102 Å². The number of hydrogen-bond acceptors (Lipinski definition) is 2. The van der Waals surface area contributed by atoms with Crippen molar-refractivity contribution in [3.63, 3.8) is 0 Å². The molecule has 0 saturated heterocycles. The molecule has 1 fully saturated rings. The molecule has 0 spiro atoms. The lowest BCUT2D eigenvalue weighted by Crippen LogP contribution is -2.32. The molecule has 1 heterocycles. The number of hydrogen-bond donors (Lipinski definition) is 1. The van der Waals surface area contributed by atoms with E-state index in [9.17, 15) is 0 Å². The molecule has 2 unspecified atom stereocenters. The standard InChI is InChI=1S/C13H19ClN2/c1-10-3-2-4-12(10)15-8-7-11-5-6-13(14)16-9-11/h5-6,9-10,12,15H,2-4,7-8H2,1H3. The molecule has 0 aliphatic heterocycles. The molecule has 2 atom stereocenters. The van der Waals surface area contributed by atoms with Crippen LogP contribution >= 0.6 is 11.6 Å². The molecule has 16 heavy (non-hydrogen) atoms. The maximum atomic E-state index is 5.74. The number of nitrogens with zero attached hydrogens (tertiary/aromatic N) is 1. The Hall–Kier alpha value is -0.600. The van der Waals surface area contributed by atoms with Gasteiger partial charge in [0.15, 0.2) is 0 Å². The molecular formula is C13H19ClN2. The van der Waals surface area contributed by atoms with Gasteiger partial charge in [-0.1, -0.05) is 31.0 Å². The molecule has 1 aromatic rings. The van der Waals surface area contributed by atoms with Gasteiger partial charge in [-0.3, -0.25) is 0 Å². The highest BCUT2D eigenvalue weighted by Gasteiger charge is 2.21. The van der Waals surface area contributed by atoms with Crippen molar-refractivity contribution in [1.29, 1.82) is 0 Å². The topological polar surface area (TPSA) is 24.9 Å².